The number of carbonyl (C=O) groups is 1. The number of carbonyl (C=O) groups excluding carboxylic acids is 1. The Balaban J connectivity index is 2.79. The molecule has 0 saturated carbocycles. The Morgan fingerprint density at radius 1 is 1.43 bits per heavy atom. The highest BCUT2D eigenvalue weighted by atomic mass is 79.9. The summed E-state index contributed by atoms with van der Waals surface area (Å²) in [6, 6.07) is 2.41. The first kappa shape index (κ1) is 18.0. The van der Waals surface area contributed by atoms with E-state index in [0.29, 0.717) is 6.61 Å². The van der Waals surface area contributed by atoms with Gasteiger partial charge in [-0.1, -0.05) is 13.3 Å². The molecule has 3 nitrogen and oxygen atoms in total. The summed E-state index contributed by atoms with van der Waals surface area (Å²) >= 11 is 3.01. The minimum Gasteiger partial charge on any atom is -0.484 e. The van der Waals surface area contributed by atoms with Crippen LogP contribution in [0.1, 0.15) is 37.0 Å². The zero-order valence-corrected chi connectivity index (χ0v) is 13.7. The molecular weight excluding hydrogens is 346 g/mol. The predicted octanol–water partition coefficient (Wildman–Crippen LogP) is 4.32. The lowest BCUT2D eigenvalue weighted by Gasteiger charge is -2.18. The van der Waals surface area contributed by atoms with Gasteiger partial charge in [-0.3, -0.25) is 4.79 Å². The highest BCUT2D eigenvalue weighted by Gasteiger charge is 2.18. The third kappa shape index (κ3) is 5.71. The number of unbranched alkanes of at least 4 members (excludes halogenated alkanes) is 1. The van der Waals surface area contributed by atoms with Gasteiger partial charge in [-0.15, -0.1) is 0 Å². The topological polar surface area (TPSA) is 35.5 Å². The molecule has 0 radical (unpaired) electrons. The molecule has 0 spiro atoms. The van der Waals surface area contributed by atoms with Crippen LogP contribution in [0.4, 0.5) is 8.78 Å². The van der Waals surface area contributed by atoms with Crippen LogP contribution in [0, 0.1) is 5.82 Å². The molecule has 0 aliphatic heterocycles. The quantitative estimate of drug-likeness (QED) is 0.483. The Kier molecular flexibility index (Phi) is 7.82. The molecular formula is C15H19BrF2O3. The molecule has 0 unspecified atom stereocenters. The molecule has 21 heavy (non-hydrogen) atoms. The SMILES string of the molecule is CCCCOC[C@H](CF)Oc1cc(F)c(Br)cc1C(C)=O. The lowest BCUT2D eigenvalue weighted by atomic mass is 10.1. The average molecular weight is 365 g/mol. The summed E-state index contributed by atoms with van der Waals surface area (Å²) in [4.78, 5) is 11.6. The Labute approximate surface area is 131 Å². The van der Waals surface area contributed by atoms with Crippen molar-refractivity contribution in [2.24, 2.45) is 0 Å². The van der Waals surface area contributed by atoms with Crippen molar-refractivity contribution in [2.45, 2.75) is 32.8 Å². The van der Waals surface area contributed by atoms with Crippen molar-refractivity contribution in [1.82, 2.24) is 0 Å². The van der Waals surface area contributed by atoms with Gasteiger partial charge in [0.05, 0.1) is 16.6 Å². The van der Waals surface area contributed by atoms with Gasteiger partial charge >= 0.3 is 0 Å². The van der Waals surface area contributed by atoms with Gasteiger partial charge in [0, 0.05) is 12.7 Å². The van der Waals surface area contributed by atoms with Crippen molar-refractivity contribution in [1.29, 1.82) is 0 Å². The second-order valence-electron chi connectivity index (χ2n) is 4.64. The second kappa shape index (κ2) is 9.10. The highest BCUT2D eigenvalue weighted by molar-refractivity contribution is 9.10. The molecule has 0 aliphatic rings. The molecule has 0 heterocycles. The third-order valence-corrected chi connectivity index (χ3v) is 3.42. The van der Waals surface area contributed by atoms with Gasteiger partial charge in [-0.2, -0.15) is 0 Å². The maximum Gasteiger partial charge on any atom is 0.163 e. The fourth-order valence-electron chi connectivity index (χ4n) is 1.65. The standard InChI is InChI=1S/C15H19BrF2O3/c1-3-4-5-20-9-11(8-17)21-15-7-14(18)13(16)6-12(15)10(2)19/h6-7,11H,3-5,8-9H2,1-2H3/t11-/m0/s1. The zero-order chi connectivity index (χ0) is 15.8. The summed E-state index contributed by atoms with van der Waals surface area (Å²) < 4.78 is 37.4. The normalized spacial score (nSPS) is 12.2. The van der Waals surface area contributed by atoms with Crippen LogP contribution >= 0.6 is 15.9 Å². The number of alkyl halides is 1. The molecule has 1 aromatic carbocycles. The van der Waals surface area contributed by atoms with Crippen molar-refractivity contribution in [2.75, 3.05) is 19.9 Å². The third-order valence-electron chi connectivity index (χ3n) is 2.81. The van der Waals surface area contributed by atoms with Gasteiger partial charge in [0.2, 0.25) is 0 Å². The van der Waals surface area contributed by atoms with Crippen LogP contribution in [0.2, 0.25) is 0 Å². The maximum atomic E-state index is 13.6. The molecule has 0 aromatic heterocycles. The minimum atomic E-state index is -0.861. The van der Waals surface area contributed by atoms with Crippen LogP contribution in [-0.2, 0) is 4.74 Å². The van der Waals surface area contributed by atoms with Crippen LogP contribution in [0.3, 0.4) is 0 Å². The van der Waals surface area contributed by atoms with Crippen molar-refractivity contribution < 1.29 is 23.0 Å². The van der Waals surface area contributed by atoms with Crippen LogP contribution in [0.5, 0.6) is 5.75 Å². The van der Waals surface area contributed by atoms with E-state index >= 15 is 0 Å². The van der Waals surface area contributed by atoms with Crippen molar-refractivity contribution >= 4 is 21.7 Å². The van der Waals surface area contributed by atoms with E-state index in [1.807, 2.05) is 6.92 Å². The van der Waals surface area contributed by atoms with Gasteiger partial charge in [0.25, 0.3) is 0 Å². The van der Waals surface area contributed by atoms with Crippen LogP contribution < -0.4 is 4.74 Å². The monoisotopic (exact) mass is 364 g/mol. The molecule has 1 atom stereocenters. The van der Waals surface area contributed by atoms with E-state index in [2.05, 4.69) is 15.9 Å². The average Bonchev–Trinajstić information content (AvgIpc) is 2.45. The first-order valence-electron chi connectivity index (χ1n) is 6.79. The lowest BCUT2D eigenvalue weighted by molar-refractivity contribution is 0.0360. The molecule has 118 valence electrons. The van der Waals surface area contributed by atoms with E-state index in [1.54, 1.807) is 0 Å². The van der Waals surface area contributed by atoms with E-state index in [9.17, 15) is 13.6 Å². The summed E-state index contributed by atoms with van der Waals surface area (Å²) in [5.74, 6) is -0.820. The fourth-order valence-corrected chi connectivity index (χ4v) is 2.00. The first-order valence-corrected chi connectivity index (χ1v) is 7.59. The van der Waals surface area contributed by atoms with Gasteiger partial charge in [-0.05, 0) is 35.3 Å². The number of benzene rings is 1. The lowest BCUT2D eigenvalue weighted by Crippen LogP contribution is -2.26. The predicted molar refractivity (Wildman–Crippen MR) is 80.2 cm³/mol. The van der Waals surface area contributed by atoms with E-state index in [0.717, 1.165) is 18.9 Å². The number of ketones is 1. The van der Waals surface area contributed by atoms with Crippen LogP contribution in [0.15, 0.2) is 16.6 Å². The van der Waals surface area contributed by atoms with Gasteiger partial charge in [0.1, 0.15) is 18.2 Å². The van der Waals surface area contributed by atoms with Gasteiger partial charge < -0.3 is 9.47 Å². The molecule has 0 amide bonds. The maximum absolute atomic E-state index is 13.6. The van der Waals surface area contributed by atoms with E-state index in [4.69, 9.17) is 9.47 Å². The molecule has 0 fully saturated rings. The number of Topliss-reactive ketones (excluding diaryl/α,β-unsaturated/α-hetero) is 1. The molecule has 0 bridgehead atoms. The molecule has 6 heteroatoms. The molecule has 1 rings (SSSR count). The van der Waals surface area contributed by atoms with Crippen molar-refractivity contribution in [3.8, 4) is 5.75 Å². The summed E-state index contributed by atoms with van der Waals surface area (Å²) in [5.41, 5.74) is 0.204. The number of halogens is 3. The Hall–Kier alpha value is -1.01. The van der Waals surface area contributed by atoms with Crippen molar-refractivity contribution in [3.05, 3.63) is 28.0 Å². The number of ether oxygens (including phenoxy) is 2. The Bertz CT molecular complexity index is 480. The Morgan fingerprint density at radius 3 is 2.71 bits per heavy atom. The summed E-state index contributed by atoms with van der Waals surface area (Å²) in [7, 11) is 0. The number of hydrogen-bond acceptors (Lipinski definition) is 3. The summed E-state index contributed by atoms with van der Waals surface area (Å²) in [6.45, 7) is 3.17. The van der Waals surface area contributed by atoms with Gasteiger partial charge in [0.15, 0.2) is 11.9 Å². The minimum absolute atomic E-state index is 0.0324. The Morgan fingerprint density at radius 2 is 2.14 bits per heavy atom. The van der Waals surface area contributed by atoms with Gasteiger partial charge in [-0.25, -0.2) is 8.78 Å². The van der Waals surface area contributed by atoms with Crippen molar-refractivity contribution in [3.63, 3.8) is 0 Å². The highest BCUT2D eigenvalue weighted by Crippen LogP contribution is 2.27. The zero-order valence-electron chi connectivity index (χ0n) is 12.1. The first-order chi connectivity index (χ1) is 9.99. The van der Waals surface area contributed by atoms with Crippen LogP contribution in [0.25, 0.3) is 0 Å². The van der Waals surface area contributed by atoms with E-state index < -0.39 is 18.6 Å². The smallest absolute Gasteiger partial charge is 0.163 e. The molecule has 0 saturated heterocycles. The summed E-state index contributed by atoms with van der Waals surface area (Å²) in [5, 5.41) is 0. The molecule has 0 aliphatic carbocycles. The van der Waals surface area contributed by atoms with E-state index in [-0.39, 0.29) is 28.2 Å². The summed E-state index contributed by atoms with van der Waals surface area (Å²) in [6.07, 6.45) is 0.999. The van der Waals surface area contributed by atoms with E-state index in [1.165, 1.54) is 13.0 Å². The molecule has 1 aromatic rings. The largest absolute Gasteiger partial charge is 0.484 e. The second-order valence-corrected chi connectivity index (χ2v) is 5.50. The fraction of sp³-hybridized carbons (Fsp3) is 0.533. The molecule has 0 N–H and O–H groups in total. The number of hydrogen-bond donors (Lipinski definition) is 0. The van der Waals surface area contributed by atoms with Crippen LogP contribution in [-0.4, -0.2) is 31.8 Å². The number of rotatable bonds is 9.